The molecule has 2 fully saturated rings. The molecule has 1 aliphatic carbocycles. The van der Waals surface area contributed by atoms with Crippen LogP contribution in [0.25, 0.3) is 0 Å². The molecule has 1 heterocycles. The molecule has 0 aromatic heterocycles. The number of carboxylic acids is 1. The Morgan fingerprint density at radius 1 is 1.21 bits per heavy atom. The van der Waals surface area contributed by atoms with Crippen LogP contribution in [-0.4, -0.2) is 66.7 Å². The van der Waals surface area contributed by atoms with Gasteiger partial charge in [0.1, 0.15) is 0 Å². The monoisotopic (exact) mass is 290 g/mol. The summed E-state index contributed by atoms with van der Waals surface area (Å²) in [7, 11) is -3.46. The number of hydrogen-bond acceptors (Lipinski definition) is 4. The van der Waals surface area contributed by atoms with Gasteiger partial charge in [-0.1, -0.05) is 13.3 Å². The molecular weight excluding hydrogens is 268 g/mol. The fourth-order valence-corrected chi connectivity index (χ4v) is 5.24. The SMILES string of the molecule is CCN1CCN(S(=O)(=O)C2CCCC2C(=O)O)CC1. The Bertz CT molecular complexity index is 429. The maximum absolute atomic E-state index is 12.5. The summed E-state index contributed by atoms with van der Waals surface area (Å²) in [5.74, 6) is -1.70. The Balaban J connectivity index is 2.08. The number of sulfonamides is 1. The lowest BCUT2D eigenvalue weighted by Crippen LogP contribution is -2.51. The van der Waals surface area contributed by atoms with Crippen LogP contribution >= 0.6 is 0 Å². The Morgan fingerprint density at radius 2 is 1.84 bits per heavy atom. The summed E-state index contributed by atoms with van der Waals surface area (Å²) in [5, 5.41) is 8.41. The number of carboxylic acid groups (broad SMARTS) is 1. The normalized spacial score (nSPS) is 30.6. The molecule has 110 valence electrons. The zero-order chi connectivity index (χ0) is 14.0. The first-order valence-electron chi connectivity index (χ1n) is 6.91. The van der Waals surface area contributed by atoms with E-state index in [4.69, 9.17) is 5.11 Å². The summed E-state index contributed by atoms with van der Waals surface area (Å²) in [6.45, 7) is 5.43. The lowest BCUT2D eigenvalue weighted by molar-refractivity contribution is -0.141. The Hall–Kier alpha value is -0.660. The molecule has 7 heteroatoms. The number of aliphatic carboxylic acids is 1. The molecule has 1 saturated heterocycles. The quantitative estimate of drug-likeness (QED) is 0.800. The number of hydrogen-bond donors (Lipinski definition) is 1. The van der Waals surface area contributed by atoms with Crippen molar-refractivity contribution in [2.75, 3.05) is 32.7 Å². The van der Waals surface area contributed by atoms with Crippen LogP contribution in [0, 0.1) is 5.92 Å². The summed E-state index contributed by atoms with van der Waals surface area (Å²) in [6, 6.07) is 0. The highest BCUT2D eigenvalue weighted by Crippen LogP contribution is 2.33. The maximum atomic E-state index is 12.5. The zero-order valence-electron chi connectivity index (χ0n) is 11.3. The van der Waals surface area contributed by atoms with Crippen molar-refractivity contribution in [3.63, 3.8) is 0 Å². The molecule has 0 aromatic rings. The van der Waals surface area contributed by atoms with E-state index in [9.17, 15) is 13.2 Å². The Labute approximate surface area is 114 Å². The number of nitrogens with zero attached hydrogens (tertiary/aromatic N) is 2. The molecule has 6 nitrogen and oxygen atoms in total. The van der Waals surface area contributed by atoms with E-state index < -0.39 is 27.2 Å². The number of piperazine rings is 1. The molecule has 1 N–H and O–H groups in total. The van der Waals surface area contributed by atoms with Gasteiger partial charge in [-0.25, -0.2) is 8.42 Å². The van der Waals surface area contributed by atoms with E-state index in [0.717, 1.165) is 19.6 Å². The van der Waals surface area contributed by atoms with Gasteiger partial charge in [0.2, 0.25) is 10.0 Å². The minimum atomic E-state index is -3.46. The second-order valence-corrected chi connectivity index (χ2v) is 7.44. The third kappa shape index (κ3) is 2.93. The van der Waals surface area contributed by atoms with Gasteiger partial charge >= 0.3 is 5.97 Å². The van der Waals surface area contributed by atoms with Crippen LogP contribution in [0.4, 0.5) is 0 Å². The van der Waals surface area contributed by atoms with Crippen LogP contribution in [0.2, 0.25) is 0 Å². The van der Waals surface area contributed by atoms with Gasteiger partial charge in [-0.2, -0.15) is 4.31 Å². The molecule has 2 aliphatic rings. The first kappa shape index (κ1) is 14.7. The molecule has 19 heavy (non-hydrogen) atoms. The predicted molar refractivity (Wildman–Crippen MR) is 71.4 cm³/mol. The van der Waals surface area contributed by atoms with Crippen molar-refractivity contribution in [1.82, 2.24) is 9.21 Å². The van der Waals surface area contributed by atoms with Gasteiger partial charge in [0.05, 0.1) is 11.2 Å². The summed E-state index contributed by atoms with van der Waals surface area (Å²) in [6.07, 6.45) is 1.65. The summed E-state index contributed by atoms with van der Waals surface area (Å²) < 4.78 is 26.6. The fourth-order valence-electron chi connectivity index (χ4n) is 3.06. The second-order valence-electron chi connectivity index (χ2n) is 5.29. The molecule has 1 aliphatic heterocycles. The molecule has 0 aromatic carbocycles. The fraction of sp³-hybridized carbons (Fsp3) is 0.917. The van der Waals surface area contributed by atoms with Crippen LogP contribution in [0.1, 0.15) is 26.2 Å². The van der Waals surface area contributed by atoms with E-state index in [1.807, 2.05) is 0 Å². The number of likely N-dealkylation sites (N-methyl/N-ethyl adjacent to an activating group) is 1. The van der Waals surface area contributed by atoms with E-state index in [1.54, 1.807) is 0 Å². The highest BCUT2D eigenvalue weighted by Gasteiger charge is 2.44. The van der Waals surface area contributed by atoms with Crippen molar-refractivity contribution in [3.8, 4) is 0 Å². The van der Waals surface area contributed by atoms with Gasteiger partial charge in [-0.05, 0) is 19.4 Å². The average Bonchev–Trinajstić information content (AvgIpc) is 2.89. The summed E-state index contributed by atoms with van der Waals surface area (Å²) >= 11 is 0. The van der Waals surface area contributed by atoms with Crippen LogP contribution in [0.3, 0.4) is 0 Å². The van der Waals surface area contributed by atoms with Crippen molar-refractivity contribution in [2.24, 2.45) is 5.92 Å². The smallest absolute Gasteiger partial charge is 0.307 e. The van der Waals surface area contributed by atoms with Crippen LogP contribution < -0.4 is 0 Å². The molecule has 0 spiro atoms. The van der Waals surface area contributed by atoms with E-state index >= 15 is 0 Å². The van der Waals surface area contributed by atoms with Gasteiger partial charge < -0.3 is 10.0 Å². The molecule has 0 radical (unpaired) electrons. The van der Waals surface area contributed by atoms with Gasteiger partial charge in [-0.15, -0.1) is 0 Å². The molecule has 1 saturated carbocycles. The summed E-state index contributed by atoms with van der Waals surface area (Å²) in [4.78, 5) is 13.4. The van der Waals surface area contributed by atoms with Gasteiger partial charge in [0.25, 0.3) is 0 Å². The van der Waals surface area contributed by atoms with E-state index in [-0.39, 0.29) is 0 Å². The molecule has 0 amide bonds. The van der Waals surface area contributed by atoms with E-state index in [1.165, 1.54) is 4.31 Å². The topological polar surface area (TPSA) is 77.9 Å². The van der Waals surface area contributed by atoms with Crippen molar-refractivity contribution in [2.45, 2.75) is 31.4 Å². The van der Waals surface area contributed by atoms with Crippen molar-refractivity contribution in [3.05, 3.63) is 0 Å². The largest absolute Gasteiger partial charge is 0.481 e. The molecular formula is C12H22N2O4S. The van der Waals surface area contributed by atoms with Crippen molar-refractivity contribution < 1.29 is 18.3 Å². The van der Waals surface area contributed by atoms with Gasteiger partial charge in [0.15, 0.2) is 0 Å². The third-order valence-electron chi connectivity index (χ3n) is 4.29. The Kier molecular flexibility index (Phi) is 4.47. The van der Waals surface area contributed by atoms with Crippen molar-refractivity contribution in [1.29, 1.82) is 0 Å². The van der Waals surface area contributed by atoms with Crippen LogP contribution in [-0.2, 0) is 14.8 Å². The lowest BCUT2D eigenvalue weighted by Gasteiger charge is -2.35. The van der Waals surface area contributed by atoms with Crippen molar-refractivity contribution >= 4 is 16.0 Å². The average molecular weight is 290 g/mol. The third-order valence-corrected chi connectivity index (χ3v) is 6.71. The maximum Gasteiger partial charge on any atom is 0.307 e. The zero-order valence-corrected chi connectivity index (χ0v) is 12.1. The standard InChI is InChI=1S/C12H22N2O4S/c1-2-13-6-8-14(9-7-13)19(17,18)11-5-3-4-10(11)12(15)16/h10-11H,2-9H2,1H3,(H,15,16). The van der Waals surface area contributed by atoms with Crippen LogP contribution in [0.5, 0.6) is 0 Å². The number of carbonyl (C=O) groups is 1. The highest BCUT2D eigenvalue weighted by atomic mass is 32.2. The second kappa shape index (κ2) is 5.76. The molecule has 2 atom stereocenters. The molecule has 2 rings (SSSR count). The van der Waals surface area contributed by atoms with E-state index in [2.05, 4.69) is 11.8 Å². The van der Waals surface area contributed by atoms with Gasteiger partial charge in [-0.3, -0.25) is 4.79 Å². The first-order valence-corrected chi connectivity index (χ1v) is 8.41. The molecule has 0 bridgehead atoms. The van der Waals surface area contributed by atoms with Gasteiger partial charge in [0, 0.05) is 26.2 Å². The summed E-state index contributed by atoms with van der Waals surface area (Å²) in [5.41, 5.74) is 0. The highest BCUT2D eigenvalue weighted by molar-refractivity contribution is 7.89. The minimum Gasteiger partial charge on any atom is -0.481 e. The van der Waals surface area contributed by atoms with E-state index in [0.29, 0.717) is 32.4 Å². The minimum absolute atomic E-state index is 0.479. The number of rotatable bonds is 4. The first-order chi connectivity index (χ1) is 8.96. The predicted octanol–water partition coefficient (Wildman–Crippen LogP) is 0.207. The Morgan fingerprint density at radius 3 is 2.37 bits per heavy atom. The van der Waals surface area contributed by atoms with Crippen LogP contribution in [0.15, 0.2) is 0 Å². The molecule has 2 unspecified atom stereocenters. The lowest BCUT2D eigenvalue weighted by atomic mass is 10.1.